The molecule has 0 radical (unpaired) electrons. The van der Waals surface area contributed by atoms with Crippen LogP contribution in [0, 0.1) is 5.41 Å². The maximum atomic E-state index is 2.39. The van der Waals surface area contributed by atoms with Gasteiger partial charge in [0.15, 0.2) is 0 Å². The standard InChI is InChI=1S/C15H18Se/c1-5-11-10-14(15(2,3)4)16-13-9-7-6-8-12(11)13/h5-10H,1-4H3/b11-5+. The number of allylic oxidation sites excluding steroid dienone is 4. The van der Waals surface area contributed by atoms with Gasteiger partial charge < -0.3 is 0 Å². The Hall–Kier alpha value is -0.781. The van der Waals surface area contributed by atoms with Gasteiger partial charge in [-0.05, 0) is 0 Å². The summed E-state index contributed by atoms with van der Waals surface area (Å²) >= 11 is 0.487. The van der Waals surface area contributed by atoms with Crippen LogP contribution in [0.2, 0.25) is 0 Å². The van der Waals surface area contributed by atoms with Crippen molar-refractivity contribution in [3.05, 3.63) is 46.5 Å². The van der Waals surface area contributed by atoms with Crippen LogP contribution in [0.3, 0.4) is 0 Å². The van der Waals surface area contributed by atoms with Crippen molar-refractivity contribution in [1.29, 1.82) is 0 Å². The molecule has 0 amide bonds. The second-order valence-corrected chi connectivity index (χ2v) is 7.37. The van der Waals surface area contributed by atoms with Crippen LogP contribution < -0.4 is 4.46 Å². The predicted molar refractivity (Wildman–Crippen MR) is 73.0 cm³/mol. The molecule has 0 N–H and O–H groups in total. The summed E-state index contributed by atoms with van der Waals surface area (Å²) in [5, 5.41) is 0. The molecule has 0 aromatic heterocycles. The Morgan fingerprint density at radius 2 is 1.81 bits per heavy atom. The molecule has 1 aromatic rings. The molecule has 0 saturated heterocycles. The Labute approximate surface area is 105 Å². The van der Waals surface area contributed by atoms with Gasteiger partial charge in [-0.3, -0.25) is 0 Å². The number of hydrogen-bond donors (Lipinski definition) is 0. The fourth-order valence-electron chi connectivity index (χ4n) is 1.77. The average Bonchev–Trinajstić information content (AvgIpc) is 2.26. The number of fused-ring (bicyclic) bond motifs is 1. The number of benzene rings is 1. The van der Waals surface area contributed by atoms with Crippen LogP contribution in [0.25, 0.3) is 5.57 Å². The van der Waals surface area contributed by atoms with Crippen molar-refractivity contribution in [3.63, 3.8) is 0 Å². The third-order valence-corrected chi connectivity index (χ3v) is 5.96. The summed E-state index contributed by atoms with van der Waals surface area (Å²) in [6.07, 6.45) is 4.61. The minimum absolute atomic E-state index is 0.293. The van der Waals surface area contributed by atoms with E-state index in [0.29, 0.717) is 20.4 Å². The van der Waals surface area contributed by atoms with Gasteiger partial charge in [0.25, 0.3) is 0 Å². The molecule has 0 bridgehead atoms. The van der Waals surface area contributed by atoms with Crippen LogP contribution in [0.4, 0.5) is 0 Å². The molecule has 16 heavy (non-hydrogen) atoms. The van der Waals surface area contributed by atoms with Crippen molar-refractivity contribution in [2.75, 3.05) is 0 Å². The summed E-state index contributed by atoms with van der Waals surface area (Å²) in [6.45, 7) is 9.05. The number of hydrogen-bond acceptors (Lipinski definition) is 0. The molecule has 0 unspecified atom stereocenters. The van der Waals surface area contributed by atoms with Crippen LogP contribution in [0.15, 0.2) is 40.9 Å². The molecule has 1 heteroatoms. The SMILES string of the molecule is C/C=C1\C=C(C(C)(C)C)[Se]c2ccccc21. The van der Waals surface area contributed by atoms with Crippen LogP contribution in [-0.2, 0) is 0 Å². The third-order valence-electron chi connectivity index (χ3n) is 2.75. The van der Waals surface area contributed by atoms with E-state index in [1.54, 1.807) is 4.47 Å². The van der Waals surface area contributed by atoms with Crippen molar-refractivity contribution >= 4 is 25.0 Å². The zero-order valence-electron chi connectivity index (χ0n) is 10.4. The number of rotatable bonds is 0. The van der Waals surface area contributed by atoms with E-state index in [-0.39, 0.29) is 0 Å². The Kier molecular flexibility index (Phi) is 3.10. The van der Waals surface area contributed by atoms with Gasteiger partial charge >= 0.3 is 105 Å². The summed E-state index contributed by atoms with van der Waals surface area (Å²) in [5.74, 6) is 0. The molecule has 0 aliphatic carbocycles. The zero-order valence-corrected chi connectivity index (χ0v) is 12.1. The topological polar surface area (TPSA) is 0 Å². The van der Waals surface area contributed by atoms with E-state index in [1.807, 2.05) is 0 Å². The van der Waals surface area contributed by atoms with Gasteiger partial charge in [-0.1, -0.05) is 0 Å². The summed E-state index contributed by atoms with van der Waals surface area (Å²) in [7, 11) is 0. The molecular formula is C15H18Se. The zero-order chi connectivity index (χ0) is 11.8. The van der Waals surface area contributed by atoms with Gasteiger partial charge in [-0.25, -0.2) is 0 Å². The van der Waals surface area contributed by atoms with Crippen molar-refractivity contribution in [1.82, 2.24) is 0 Å². The summed E-state index contributed by atoms with van der Waals surface area (Å²) in [5.41, 5.74) is 3.11. The van der Waals surface area contributed by atoms with Gasteiger partial charge in [0, 0.05) is 0 Å². The first-order valence-electron chi connectivity index (χ1n) is 5.68. The van der Waals surface area contributed by atoms with Crippen molar-refractivity contribution in [3.8, 4) is 0 Å². The molecule has 1 aliphatic heterocycles. The van der Waals surface area contributed by atoms with Crippen LogP contribution in [0.1, 0.15) is 33.3 Å². The molecular weight excluding hydrogens is 259 g/mol. The molecule has 2 rings (SSSR count). The van der Waals surface area contributed by atoms with Crippen LogP contribution in [-0.4, -0.2) is 15.0 Å². The average molecular weight is 277 g/mol. The van der Waals surface area contributed by atoms with Crippen molar-refractivity contribution < 1.29 is 0 Å². The molecule has 0 fully saturated rings. The van der Waals surface area contributed by atoms with Crippen LogP contribution >= 0.6 is 0 Å². The predicted octanol–water partition coefficient (Wildman–Crippen LogP) is 3.36. The summed E-state index contributed by atoms with van der Waals surface area (Å²) in [6, 6.07) is 8.80. The van der Waals surface area contributed by atoms with Gasteiger partial charge in [-0.2, -0.15) is 0 Å². The minimum atomic E-state index is 0.293. The molecule has 0 saturated carbocycles. The van der Waals surface area contributed by atoms with Crippen molar-refractivity contribution in [2.24, 2.45) is 5.41 Å². The van der Waals surface area contributed by atoms with E-state index in [0.717, 1.165) is 0 Å². The van der Waals surface area contributed by atoms with E-state index in [4.69, 9.17) is 0 Å². The van der Waals surface area contributed by atoms with Crippen molar-refractivity contribution in [2.45, 2.75) is 27.7 Å². The molecule has 84 valence electrons. The fourth-order valence-corrected chi connectivity index (χ4v) is 4.23. The molecule has 1 heterocycles. The van der Waals surface area contributed by atoms with E-state index in [9.17, 15) is 0 Å². The van der Waals surface area contributed by atoms with E-state index in [2.05, 4.69) is 64.1 Å². The van der Waals surface area contributed by atoms with E-state index >= 15 is 0 Å². The van der Waals surface area contributed by atoms with E-state index in [1.165, 1.54) is 15.6 Å². The molecule has 0 spiro atoms. The Morgan fingerprint density at radius 3 is 2.44 bits per heavy atom. The second-order valence-electron chi connectivity index (χ2n) is 5.10. The molecule has 0 atom stereocenters. The van der Waals surface area contributed by atoms with Gasteiger partial charge in [-0.15, -0.1) is 0 Å². The second kappa shape index (κ2) is 4.24. The quantitative estimate of drug-likeness (QED) is 0.638. The maximum absolute atomic E-state index is 2.39. The van der Waals surface area contributed by atoms with Gasteiger partial charge in [0.05, 0.1) is 0 Å². The first-order valence-corrected chi connectivity index (χ1v) is 7.39. The molecule has 1 aliphatic rings. The normalized spacial score (nSPS) is 18.2. The van der Waals surface area contributed by atoms with Gasteiger partial charge in [0.2, 0.25) is 0 Å². The monoisotopic (exact) mass is 278 g/mol. The Bertz CT molecular complexity index is 459. The molecule has 0 nitrogen and oxygen atoms in total. The Morgan fingerprint density at radius 1 is 1.12 bits per heavy atom. The summed E-state index contributed by atoms with van der Waals surface area (Å²) < 4.78 is 3.11. The first kappa shape index (κ1) is 11.7. The Balaban J connectivity index is 2.51. The fraction of sp³-hybridized carbons (Fsp3) is 0.333. The first-order chi connectivity index (χ1) is 7.52. The summed E-state index contributed by atoms with van der Waals surface area (Å²) in [4.78, 5) is 0. The molecule has 1 aromatic carbocycles. The third kappa shape index (κ3) is 2.16. The van der Waals surface area contributed by atoms with Gasteiger partial charge in [0.1, 0.15) is 0 Å². The van der Waals surface area contributed by atoms with Crippen LogP contribution in [0.5, 0.6) is 0 Å². The van der Waals surface area contributed by atoms with E-state index < -0.39 is 0 Å².